The van der Waals surface area contributed by atoms with Gasteiger partial charge < -0.3 is 0 Å². The molecule has 0 radical (unpaired) electrons. The van der Waals surface area contributed by atoms with E-state index in [1.807, 2.05) is 4.68 Å². The van der Waals surface area contributed by atoms with E-state index >= 15 is 0 Å². The Morgan fingerprint density at radius 1 is 1.18 bits per heavy atom. The standard InChI is InChI=1S/C14H27N3/c1-7-9-17-10-12(15-16-17)14(5,6)11-13(3,4)8-2/h10H,7-9,11H2,1-6H3. The molecule has 1 aromatic rings. The van der Waals surface area contributed by atoms with E-state index in [2.05, 4.69) is 58.1 Å². The Balaban J connectivity index is 2.81. The molecule has 0 bridgehead atoms. The highest BCUT2D eigenvalue weighted by Crippen LogP contribution is 2.37. The van der Waals surface area contributed by atoms with Crippen LogP contribution in [0.4, 0.5) is 0 Å². The Labute approximate surface area is 106 Å². The Morgan fingerprint density at radius 2 is 1.82 bits per heavy atom. The van der Waals surface area contributed by atoms with Crippen LogP contribution >= 0.6 is 0 Å². The van der Waals surface area contributed by atoms with Crippen LogP contribution in [0.3, 0.4) is 0 Å². The predicted molar refractivity (Wildman–Crippen MR) is 72.0 cm³/mol. The zero-order valence-corrected chi connectivity index (χ0v) is 12.2. The summed E-state index contributed by atoms with van der Waals surface area (Å²) in [6.07, 6.45) is 5.54. The van der Waals surface area contributed by atoms with Crippen LogP contribution in [0, 0.1) is 5.41 Å². The smallest absolute Gasteiger partial charge is 0.0883 e. The van der Waals surface area contributed by atoms with Gasteiger partial charge in [-0.25, -0.2) is 0 Å². The lowest BCUT2D eigenvalue weighted by Gasteiger charge is -2.32. The van der Waals surface area contributed by atoms with Crippen molar-refractivity contribution in [2.75, 3.05) is 0 Å². The molecular weight excluding hydrogens is 210 g/mol. The van der Waals surface area contributed by atoms with Gasteiger partial charge in [0.25, 0.3) is 0 Å². The molecule has 0 unspecified atom stereocenters. The van der Waals surface area contributed by atoms with Gasteiger partial charge in [0.2, 0.25) is 0 Å². The van der Waals surface area contributed by atoms with E-state index in [1.165, 1.54) is 6.42 Å². The molecule has 0 aliphatic carbocycles. The van der Waals surface area contributed by atoms with Crippen molar-refractivity contribution < 1.29 is 0 Å². The summed E-state index contributed by atoms with van der Waals surface area (Å²) in [6.45, 7) is 14.6. The van der Waals surface area contributed by atoms with Gasteiger partial charge in [-0.1, -0.05) is 53.2 Å². The minimum Gasteiger partial charge on any atom is -0.252 e. The van der Waals surface area contributed by atoms with Crippen molar-refractivity contribution in [1.82, 2.24) is 15.0 Å². The molecule has 0 fully saturated rings. The molecule has 1 rings (SSSR count). The summed E-state index contributed by atoms with van der Waals surface area (Å²) in [5, 5.41) is 8.53. The highest BCUT2D eigenvalue weighted by atomic mass is 15.4. The van der Waals surface area contributed by atoms with Crippen molar-refractivity contribution >= 4 is 0 Å². The Hall–Kier alpha value is -0.860. The summed E-state index contributed by atoms with van der Waals surface area (Å²) in [5.74, 6) is 0. The first-order chi connectivity index (χ1) is 7.80. The molecule has 0 amide bonds. The summed E-state index contributed by atoms with van der Waals surface area (Å²) in [4.78, 5) is 0. The van der Waals surface area contributed by atoms with Crippen LogP contribution < -0.4 is 0 Å². The zero-order chi connectivity index (χ0) is 13.1. The maximum atomic E-state index is 4.34. The van der Waals surface area contributed by atoms with Crippen LogP contribution in [0.2, 0.25) is 0 Å². The largest absolute Gasteiger partial charge is 0.252 e. The fraction of sp³-hybridized carbons (Fsp3) is 0.857. The molecule has 98 valence electrons. The molecule has 3 nitrogen and oxygen atoms in total. The average Bonchev–Trinajstić information content (AvgIpc) is 2.66. The normalized spacial score (nSPS) is 13.1. The molecule has 1 heterocycles. The topological polar surface area (TPSA) is 30.7 Å². The lowest BCUT2D eigenvalue weighted by molar-refractivity contribution is 0.245. The van der Waals surface area contributed by atoms with E-state index in [0.29, 0.717) is 5.41 Å². The van der Waals surface area contributed by atoms with Gasteiger partial charge in [-0.05, 0) is 18.3 Å². The SMILES string of the molecule is CCCn1cc(C(C)(C)CC(C)(C)CC)nn1. The minimum atomic E-state index is 0.103. The first-order valence-corrected chi connectivity index (χ1v) is 6.71. The molecule has 1 aromatic heterocycles. The van der Waals surface area contributed by atoms with Crippen molar-refractivity contribution in [3.05, 3.63) is 11.9 Å². The molecule has 0 spiro atoms. The lowest BCUT2D eigenvalue weighted by Crippen LogP contribution is -2.26. The Kier molecular flexibility index (Phi) is 4.34. The summed E-state index contributed by atoms with van der Waals surface area (Å²) in [6, 6.07) is 0. The van der Waals surface area contributed by atoms with Crippen LogP contribution in [0.15, 0.2) is 6.20 Å². The molecule has 0 aliphatic rings. The lowest BCUT2D eigenvalue weighted by atomic mass is 9.72. The van der Waals surface area contributed by atoms with Crippen LogP contribution in [-0.2, 0) is 12.0 Å². The van der Waals surface area contributed by atoms with Crippen molar-refractivity contribution in [2.45, 2.75) is 72.8 Å². The van der Waals surface area contributed by atoms with Crippen LogP contribution in [-0.4, -0.2) is 15.0 Å². The monoisotopic (exact) mass is 237 g/mol. The van der Waals surface area contributed by atoms with Crippen LogP contribution in [0.25, 0.3) is 0 Å². The van der Waals surface area contributed by atoms with E-state index < -0.39 is 0 Å². The Morgan fingerprint density at radius 3 is 2.35 bits per heavy atom. The summed E-state index contributed by atoms with van der Waals surface area (Å²) >= 11 is 0. The van der Waals surface area contributed by atoms with Gasteiger partial charge in [0.15, 0.2) is 0 Å². The molecule has 0 aromatic carbocycles. The summed E-state index contributed by atoms with van der Waals surface area (Å²) in [7, 11) is 0. The number of rotatable bonds is 6. The summed E-state index contributed by atoms with van der Waals surface area (Å²) < 4.78 is 1.95. The van der Waals surface area contributed by atoms with Crippen molar-refractivity contribution in [3.8, 4) is 0 Å². The molecule has 0 atom stereocenters. The highest BCUT2D eigenvalue weighted by molar-refractivity contribution is 5.09. The molecule has 3 heteroatoms. The molecular formula is C14H27N3. The van der Waals surface area contributed by atoms with E-state index in [0.717, 1.165) is 25.1 Å². The minimum absolute atomic E-state index is 0.103. The van der Waals surface area contributed by atoms with Crippen molar-refractivity contribution in [1.29, 1.82) is 0 Å². The fourth-order valence-electron chi connectivity index (χ4n) is 2.36. The van der Waals surface area contributed by atoms with E-state index in [1.54, 1.807) is 0 Å². The van der Waals surface area contributed by atoms with Crippen LogP contribution in [0.1, 0.15) is 66.5 Å². The predicted octanol–water partition coefficient (Wildman–Crippen LogP) is 3.79. The third-order valence-corrected chi connectivity index (χ3v) is 3.56. The first-order valence-electron chi connectivity index (χ1n) is 6.71. The fourth-order valence-corrected chi connectivity index (χ4v) is 2.36. The molecule has 0 N–H and O–H groups in total. The molecule has 17 heavy (non-hydrogen) atoms. The molecule has 0 aliphatic heterocycles. The van der Waals surface area contributed by atoms with E-state index in [-0.39, 0.29) is 5.41 Å². The Bertz CT molecular complexity index is 350. The number of aromatic nitrogens is 3. The highest BCUT2D eigenvalue weighted by Gasteiger charge is 2.31. The second-order valence-electron chi connectivity index (χ2n) is 6.45. The average molecular weight is 237 g/mol. The maximum Gasteiger partial charge on any atom is 0.0883 e. The number of nitrogens with zero attached hydrogens (tertiary/aromatic N) is 3. The number of hydrogen-bond acceptors (Lipinski definition) is 2. The second kappa shape index (κ2) is 5.19. The van der Waals surface area contributed by atoms with Crippen LogP contribution in [0.5, 0.6) is 0 Å². The maximum absolute atomic E-state index is 4.34. The third-order valence-electron chi connectivity index (χ3n) is 3.56. The van der Waals surface area contributed by atoms with Gasteiger partial charge in [-0.2, -0.15) is 0 Å². The van der Waals surface area contributed by atoms with Gasteiger partial charge in [-0.15, -0.1) is 5.10 Å². The van der Waals surface area contributed by atoms with Gasteiger partial charge in [-0.3, -0.25) is 4.68 Å². The molecule has 0 saturated carbocycles. The number of aryl methyl sites for hydroxylation is 1. The third kappa shape index (κ3) is 3.83. The zero-order valence-electron chi connectivity index (χ0n) is 12.2. The molecule has 0 saturated heterocycles. The van der Waals surface area contributed by atoms with Gasteiger partial charge >= 0.3 is 0 Å². The summed E-state index contributed by atoms with van der Waals surface area (Å²) in [5.41, 5.74) is 1.58. The quantitative estimate of drug-likeness (QED) is 0.753. The van der Waals surface area contributed by atoms with Gasteiger partial charge in [0, 0.05) is 18.2 Å². The van der Waals surface area contributed by atoms with E-state index in [9.17, 15) is 0 Å². The first kappa shape index (κ1) is 14.2. The van der Waals surface area contributed by atoms with E-state index in [4.69, 9.17) is 0 Å². The van der Waals surface area contributed by atoms with Crippen molar-refractivity contribution in [3.63, 3.8) is 0 Å². The van der Waals surface area contributed by atoms with Gasteiger partial charge in [0.05, 0.1) is 5.69 Å². The van der Waals surface area contributed by atoms with Gasteiger partial charge in [0.1, 0.15) is 0 Å². The number of hydrogen-bond donors (Lipinski definition) is 0. The second-order valence-corrected chi connectivity index (χ2v) is 6.45. The van der Waals surface area contributed by atoms with Crippen molar-refractivity contribution in [2.24, 2.45) is 5.41 Å².